The third kappa shape index (κ3) is 2.35. The summed E-state index contributed by atoms with van der Waals surface area (Å²) in [6, 6.07) is 7.59. The lowest BCUT2D eigenvalue weighted by molar-refractivity contribution is 0.0853. The van der Waals surface area contributed by atoms with Crippen LogP contribution in [-0.2, 0) is 0 Å². The molecule has 2 rings (SSSR count). The van der Waals surface area contributed by atoms with Gasteiger partial charge >= 0.3 is 0 Å². The molecule has 0 saturated heterocycles. The quantitative estimate of drug-likeness (QED) is 0.659. The van der Waals surface area contributed by atoms with E-state index >= 15 is 0 Å². The Morgan fingerprint density at radius 3 is 2.62 bits per heavy atom. The highest BCUT2D eigenvalue weighted by Crippen LogP contribution is 2.33. The molecule has 0 bridgehead atoms. The van der Waals surface area contributed by atoms with E-state index in [-0.39, 0.29) is 11.4 Å². The van der Waals surface area contributed by atoms with Crippen molar-refractivity contribution in [2.45, 2.75) is 24.8 Å². The standard InChI is InChI=1S/C12H13ClINO/c13-8-12(6-3-7-12)15-11(16)9-4-1-2-5-10(9)14/h1-2,4-5H,3,6-8H2,(H,15,16). The number of hydrogen-bond donors (Lipinski definition) is 1. The van der Waals surface area contributed by atoms with Gasteiger partial charge < -0.3 is 5.32 Å². The molecule has 4 heteroatoms. The van der Waals surface area contributed by atoms with Gasteiger partial charge in [-0.3, -0.25) is 4.79 Å². The van der Waals surface area contributed by atoms with E-state index in [2.05, 4.69) is 27.9 Å². The molecule has 0 heterocycles. The van der Waals surface area contributed by atoms with E-state index in [0.717, 1.165) is 28.4 Å². The second-order valence-corrected chi connectivity index (χ2v) is 5.63. The van der Waals surface area contributed by atoms with Crippen molar-refractivity contribution in [1.82, 2.24) is 5.32 Å². The summed E-state index contributed by atoms with van der Waals surface area (Å²) in [6.45, 7) is 0. The highest BCUT2D eigenvalue weighted by molar-refractivity contribution is 14.1. The number of amides is 1. The molecule has 1 aromatic carbocycles. The summed E-state index contributed by atoms with van der Waals surface area (Å²) in [5, 5.41) is 3.06. The van der Waals surface area contributed by atoms with Gasteiger partial charge in [0.2, 0.25) is 0 Å². The van der Waals surface area contributed by atoms with Crippen LogP contribution >= 0.6 is 34.2 Å². The van der Waals surface area contributed by atoms with Crippen LogP contribution in [0.25, 0.3) is 0 Å². The minimum absolute atomic E-state index is 0.00894. The Morgan fingerprint density at radius 1 is 1.44 bits per heavy atom. The summed E-state index contributed by atoms with van der Waals surface area (Å²) >= 11 is 8.09. The van der Waals surface area contributed by atoms with E-state index < -0.39 is 0 Å². The third-order valence-electron chi connectivity index (χ3n) is 3.06. The molecule has 2 nitrogen and oxygen atoms in total. The fourth-order valence-corrected chi connectivity index (χ4v) is 2.82. The van der Waals surface area contributed by atoms with Crippen LogP contribution in [0.1, 0.15) is 29.6 Å². The summed E-state index contributed by atoms with van der Waals surface area (Å²) in [4.78, 5) is 12.1. The molecule has 0 aliphatic heterocycles. The van der Waals surface area contributed by atoms with E-state index in [1.807, 2.05) is 24.3 Å². The molecule has 16 heavy (non-hydrogen) atoms. The lowest BCUT2D eigenvalue weighted by Crippen LogP contribution is -2.55. The van der Waals surface area contributed by atoms with Crippen LogP contribution in [0, 0.1) is 3.57 Å². The molecule has 0 unspecified atom stereocenters. The number of carbonyl (C=O) groups is 1. The van der Waals surface area contributed by atoms with Gasteiger partial charge in [0.15, 0.2) is 0 Å². The Morgan fingerprint density at radius 2 is 2.12 bits per heavy atom. The summed E-state index contributed by atoms with van der Waals surface area (Å²) in [7, 11) is 0. The molecular weight excluding hydrogens is 336 g/mol. The maximum absolute atomic E-state index is 12.1. The molecule has 1 saturated carbocycles. The normalized spacial score (nSPS) is 17.6. The molecule has 1 amide bonds. The minimum Gasteiger partial charge on any atom is -0.345 e. The number of halogens is 2. The first kappa shape index (κ1) is 12.2. The van der Waals surface area contributed by atoms with Crippen LogP contribution in [0.5, 0.6) is 0 Å². The summed E-state index contributed by atoms with van der Waals surface area (Å²) in [6.07, 6.45) is 3.14. The Balaban J connectivity index is 2.11. The van der Waals surface area contributed by atoms with Crippen molar-refractivity contribution in [2.75, 3.05) is 5.88 Å². The molecule has 0 spiro atoms. The van der Waals surface area contributed by atoms with Gasteiger partial charge in [-0.2, -0.15) is 0 Å². The van der Waals surface area contributed by atoms with Crippen molar-refractivity contribution < 1.29 is 4.79 Å². The van der Waals surface area contributed by atoms with Gasteiger partial charge in [-0.05, 0) is 54.0 Å². The van der Waals surface area contributed by atoms with Crippen molar-refractivity contribution in [3.63, 3.8) is 0 Å². The Hall–Kier alpha value is -0.290. The van der Waals surface area contributed by atoms with Crippen molar-refractivity contribution in [3.05, 3.63) is 33.4 Å². The predicted molar refractivity (Wildman–Crippen MR) is 73.9 cm³/mol. The van der Waals surface area contributed by atoms with Crippen molar-refractivity contribution in [1.29, 1.82) is 0 Å². The summed E-state index contributed by atoms with van der Waals surface area (Å²) in [5.74, 6) is 0.493. The second-order valence-electron chi connectivity index (χ2n) is 4.20. The number of alkyl halides is 1. The molecule has 1 aromatic rings. The van der Waals surface area contributed by atoms with E-state index in [4.69, 9.17) is 11.6 Å². The topological polar surface area (TPSA) is 29.1 Å². The van der Waals surface area contributed by atoms with Gasteiger partial charge in [-0.15, -0.1) is 11.6 Å². The molecule has 0 atom stereocenters. The minimum atomic E-state index is -0.155. The zero-order chi connectivity index (χ0) is 11.6. The Bertz CT molecular complexity index is 398. The maximum Gasteiger partial charge on any atom is 0.252 e. The summed E-state index contributed by atoms with van der Waals surface area (Å²) in [5.41, 5.74) is 0.580. The molecule has 86 valence electrons. The number of benzene rings is 1. The zero-order valence-corrected chi connectivity index (χ0v) is 11.7. The van der Waals surface area contributed by atoms with E-state index in [1.54, 1.807) is 0 Å². The molecule has 1 fully saturated rings. The van der Waals surface area contributed by atoms with Crippen molar-refractivity contribution in [3.8, 4) is 0 Å². The van der Waals surface area contributed by atoms with Crippen LogP contribution < -0.4 is 5.32 Å². The van der Waals surface area contributed by atoms with Crippen LogP contribution in [-0.4, -0.2) is 17.3 Å². The Labute approximate surface area is 114 Å². The lowest BCUT2D eigenvalue weighted by atomic mass is 9.78. The average Bonchev–Trinajstić information content (AvgIpc) is 2.24. The third-order valence-corrected chi connectivity index (χ3v) is 4.52. The van der Waals surface area contributed by atoms with Crippen LogP contribution in [0.4, 0.5) is 0 Å². The monoisotopic (exact) mass is 349 g/mol. The fraction of sp³-hybridized carbons (Fsp3) is 0.417. The van der Waals surface area contributed by atoms with Gasteiger partial charge in [-0.25, -0.2) is 0 Å². The first-order valence-corrected chi connectivity index (χ1v) is 6.91. The van der Waals surface area contributed by atoms with Gasteiger partial charge in [0.1, 0.15) is 0 Å². The first-order valence-electron chi connectivity index (χ1n) is 5.30. The van der Waals surface area contributed by atoms with Crippen LogP contribution in [0.3, 0.4) is 0 Å². The largest absolute Gasteiger partial charge is 0.345 e. The van der Waals surface area contributed by atoms with Crippen molar-refractivity contribution in [2.24, 2.45) is 0 Å². The SMILES string of the molecule is O=C(NC1(CCl)CCC1)c1ccccc1I. The van der Waals surface area contributed by atoms with E-state index in [0.29, 0.717) is 5.88 Å². The van der Waals surface area contributed by atoms with Crippen LogP contribution in [0.15, 0.2) is 24.3 Å². The van der Waals surface area contributed by atoms with Crippen molar-refractivity contribution >= 4 is 40.1 Å². The summed E-state index contributed by atoms with van der Waals surface area (Å²) < 4.78 is 0.974. The molecule has 1 aliphatic carbocycles. The average molecular weight is 350 g/mol. The smallest absolute Gasteiger partial charge is 0.252 e. The molecular formula is C12H13ClINO. The number of rotatable bonds is 3. The molecule has 0 aromatic heterocycles. The van der Waals surface area contributed by atoms with Gasteiger partial charge in [0.25, 0.3) is 5.91 Å². The van der Waals surface area contributed by atoms with Gasteiger partial charge in [0, 0.05) is 9.45 Å². The number of carbonyl (C=O) groups excluding carboxylic acids is 1. The second kappa shape index (κ2) is 4.92. The zero-order valence-electron chi connectivity index (χ0n) is 8.80. The predicted octanol–water partition coefficient (Wildman–Crippen LogP) is 3.18. The molecule has 1 N–H and O–H groups in total. The molecule has 0 radical (unpaired) electrons. The Kier molecular flexibility index (Phi) is 3.74. The highest BCUT2D eigenvalue weighted by atomic mass is 127. The van der Waals surface area contributed by atoms with Gasteiger partial charge in [0.05, 0.1) is 11.1 Å². The fourth-order valence-electron chi connectivity index (χ4n) is 1.85. The number of nitrogens with one attached hydrogen (secondary N) is 1. The first-order chi connectivity index (χ1) is 7.67. The number of hydrogen-bond acceptors (Lipinski definition) is 1. The van der Waals surface area contributed by atoms with Crippen LogP contribution in [0.2, 0.25) is 0 Å². The van der Waals surface area contributed by atoms with Gasteiger partial charge in [-0.1, -0.05) is 12.1 Å². The molecule has 1 aliphatic rings. The highest BCUT2D eigenvalue weighted by Gasteiger charge is 2.37. The van der Waals surface area contributed by atoms with E-state index in [1.165, 1.54) is 0 Å². The maximum atomic E-state index is 12.1. The van der Waals surface area contributed by atoms with E-state index in [9.17, 15) is 4.79 Å². The lowest BCUT2D eigenvalue weighted by Gasteiger charge is -2.41.